The van der Waals surface area contributed by atoms with Gasteiger partial charge in [0.15, 0.2) is 0 Å². The minimum absolute atomic E-state index is 0.155. The molecule has 0 fully saturated rings. The van der Waals surface area contributed by atoms with Crippen LogP contribution in [0, 0.1) is 6.92 Å². The molecule has 1 aromatic carbocycles. The number of nitrogens with two attached hydrogens (primary N) is 1. The summed E-state index contributed by atoms with van der Waals surface area (Å²) in [6.45, 7) is 3.91. The lowest BCUT2D eigenvalue weighted by atomic mass is 10.00. The van der Waals surface area contributed by atoms with Gasteiger partial charge in [-0.3, -0.25) is 0 Å². The van der Waals surface area contributed by atoms with Gasteiger partial charge in [0.2, 0.25) is 0 Å². The Kier molecular flexibility index (Phi) is 4.77. The molecule has 0 aliphatic carbocycles. The van der Waals surface area contributed by atoms with Crippen LogP contribution in [0.25, 0.3) is 0 Å². The molecule has 0 amide bonds. The van der Waals surface area contributed by atoms with E-state index in [9.17, 15) is 5.11 Å². The normalized spacial score (nSPS) is 15.0. The third-order valence-corrected chi connectivity index (χ3v) is 3.56. The van der Waals surface area contributed by atoms with Crippen molar-refractivity contribution in [2.75, 3.05) is 0 Å². The summed E-state index contributed by atoms with van der Waals surface area (Å²) in [5, 5.41) is 9.61. The van der Waals surface area contributed by atoms with Gasteiger partial charge in [-0.1, -0.05) is 28.1 Å². The van der Waals surface area contributed by atoms with Gasteiger partial charge in [0.25, 0.3) is 0 Å². The molecular formula is C12H18BrNO. The molecule has 1 rings (SSSR count). The van der Waals surface area contributed by atoms with Gasteiger partial charge >= 0.3 is 0 Å². The molecule has 0 aliphatic heterocycles. The summed E-state index contributed by atoms with van der Waals surface area (Å²) in [6.07, 6.45) is 1.17. The SMILES string of the molecule is Cc1c(Br)cccc1CCC(O)C(C)N. The number of hydrogen-bond donors (Lipinski definition) is 2. The number of aliphatic hydroxyl groups is 1. The molecule has 84 valence electrons. The lowest BCUT2D eigenvalue weighted by Crippen LogP contribution is -2.31. The first kappa shape index (κ1) is 12.7. The Hall–Kier alpha value is -0.380. The highest BCUT2D eigenvalue weighted by molar-refractivity contribution is 9.10. The van der Waals surface area contributed by atoms with Gasteiger partial charge < -0.3 is 10.8 Å². The Bertz CT molecular complexity index is 325. The van der Waals surface area contributed by atoms with Gasteiger partial charge in [0, 0.05) is 10.5 Å². The van der Waals surface area contributed by atoms with Crippen molar-refractivity contribution in [3.05, 3.63) is 33.8 Å². The van der Waals surface area contributed by atoms with Crippen molar-refractivity contribution in [3.8, 4) is 0 Å². The van der Waals surface area contributed by atoms with Crippen LogP contribution in [0.15, 0.2) is 22.7 Å². The summed E-state index contributed by atoms with van der Waals surface area (Å²) < 4.78 is 1.12. The van der Waals surface area contributed by atoms with Gasteiger partial charge in [-0.15, -0.1) is 0 Å². The third kappa shape index (κ3) is 3.59. The molecule has 2 atom stereocenters. The van der Waals surface area contributed by atoms with Crippen LogP contribution in [0.3, 0.4) is 0 Å². The van der Waals surface area contributed by atoms with Crippen molar-refractivity contribution in [2.24, 2.45) is 5.73 Å². The average Bonchev–Trinajstić information content (AvgIpc) is 2.19. The van der Waals surface area contributed by atoms with Gasteiger partial charge in [0.1, 0.15) is 0 Å². The van der Waals surface area contributed by atoms with E-state index < -0.39 is 6.10 Å². The van der Waals surface area contributed by atoms with Crippen LogP contribution in [-0.2, 0) is 6.42 Å². The van der Waals surface area contributed by atoms with Crippen molar-refractivity contribution in [1.29, 1.82) is 0 Å². The summed E-state index contributed by atoms with van der Waals surface area (Å²) in [7, 11) is 0. The Morgan fingerprint density at radius 2 is 2.13 bits per heavy atom. The second kappa shape index (κ2) is 5.64. The van der Waals surface area contributed by atoms with Gasteiger partial charge in [0.05, 0.1) is 6.10 Å². The summed E-state index contributed by atoms with van der Waals surface area (Å²) in [5.41, 5.74) is 8.12. The van der Waals surface area contributed by atoms with Crippen LogP contribution >= 0.6 is 15.9 Å². The van der Waals surface area contributed by atoms with Crippen LogP contribution < -0.4 is 5.73 Å². The Balaban J connectivity index is 2.62. The van der Waals surface area contributed by atoms with Crippen LogP contribution in [0.1, 0.15) is 24.5 Å². The molecule has 2 unspecified atom stereocenters. The Morgan fingerprint density at radius 3 is 2.73 bits per heavy atom. The lowest BCUT2D eigenvalue weighted by Gasteiger charge is -2.15. The fraction of sp³-hybridized carbons (Fsp3) is 0.500. The molecule has 0 aromatic heterocycles. The van der Waals surface area contributed by atoms with Gasteiger partial charge in [-0.05, 0) is 43.9 Å². The maximum Gasteiger partial charge on any atom is 0.0691 e. The van der Waals surface area contributed by atoms with Crippen molar-refractivity contribution in [3.63, 3.8) is 0 Å². The zero-order valence-electron chi connectivity index (χ0n) is 9.20. The molecule has 15 heavy (non-hydrogen) atoms. The molecular weight excluding hydrogens is 254 g/mol. The van der Waals surface area contributed by atoms with E-state index in [2.05, 4.69) is 28.9 Å². The Morgan fingerprint density at radius 1 is 1.47 bits per heavy atom. The standard InChI is InChI=1S/C12H18BrNO/c1-8-10(4-3-5-11(8)13)6-7-12(15)9(2)14/h3-5,9,12,15H,6-7,14H2,1-2H3. The highest BCUT2D eigenvalue weighted by Crippen LogP contribution is 2.20. The number of hydrogen-bond acceptors (Lipinski definition) is 2. The minimum atomic E-state index is -0.414. The zero-order valence-corrected chi connectivity index (χ0v) is 10.8. The highest BCUT2D eigenvalue weighted by Gasteiger charge is 2.10. The van der Waals surface area contributed by atoms with Crippen LogP contribution in [0.5, 0.6) is 0 Å². The fourth-order valence-corrected chi connectivity index (χ4v) is 1.90. The predicted molar refractivity (Wildman–Crippen MR) is 66.9 cm³/mol. The molecule has 0 heterocycles. The van der Waals surface area contributed by atoms with E-state index in [4.69, 9.17) is 5.73 Å². The first-order valence-corrected chi connectivity index (χ1v) is 5.99. The molecule has 3 N–H and O–H groups in total. The molecule has 0 aliphatic rings. The van der Waals surface area contributed by atoms with Gasteiger partial charge in [-0.25, -0.2) is 0 Å². The van der Waals surface area contributed by atoms with Crippen LogP contribution in [0.2, 0.25) is 0 Å². The monoisotopic (exact) mass is 271 g/mol. The maximum atomic E-state index is 9.61. The molecule has 0 bridgehead atoms. The lowest BCUT2D eigenvalue weighted by molar-refractivity contribution is 0.141. The topological polar surface area (TPSA) is 46.2 Å². The van der Waals surface area contributed by atoms with E-state index in [1.54, 1.807) is 0 Å². The summed E-state index contributed by atoms with van der Waals surface area (Å²) >= 11 is 3.49. The van der Waals surface area contributed by atoms with E-state index in [-0.39, 0.29) is 6.04 Å². The average molecular weight is 272 g/mol. The zero-order chi connectivity index (χ0) is 11.4. The fourth-order valence-electron chi connectivity index (χ4n) is 1.49. The molecule has 2 nitrogen and oxygen atoms in total. The predicted octanol–water partition coefficient (Wildman–Crippen LogP) is 2.40. The molecule has 0 spiro atoms. The first-order chi connectivity index (χ1) is 7.02. The summed E-state index contributed by atoms with van der Waals surface area (Å²) in [6, 6.07) is 5.98. The maximum absolute atomic E-state index is 9.61. The smallest absolute Gasteiger partial charge is 0.0691 e. The Labute approximate surface area is 99.6 Å². The largest absolute Gasteiger partial charge is 0.392 e. The van der Waals surface area contributed by atoms with E-state index in [1.807, 2.05) is 19.1 Å². The molecule has 3 heteroatoms. The van der Waals surface area contributed by atoms with E-state index in [0.717, 1.165) is 17.3 Å². The highest BCUT2D eigenvalue weighted by atomic mass is 79.9. The molecule has 0 radical (unpaired) electrons. The number of rotatable bonds is 4. The number of aryl methyl sites for hydroxylation is 1. The second-order valence-electron chi connectivity index (χ2n) is 3.99. The number of aliphatic hydroxyl groups excluding tert-OH is 1. The van der Waals surface area contributed by atoms with Crippen molar-refractivity contribution in [1.82, 2.24) is 0 Å². The molecule has 0 saturated heterocycles. The number of benzene rings is 1. The first-order valence-electron chi connectivity index (χ1n) is 5.20. The quantitative estimate of drug-likeness (QED) is 0.884. The van der Waals surface area contributed by atoms with Crippen molar-refractivity contribution < 1.29 is 5.11 Å². The second-order valence-corrected chi connectivity index (χ2v) is 4.84. The van der Waals surface area contributed by atoms with E-state index >= 15 is 0 Å². The van der Waals surface area contributed by atoms with Crippen molar-refractivity contribution in [2.45, 2.75) is 38.8 Å². The van der Waals surface area contributed by atoms with Crippen molar-refractivity contribution >= 4 is 15.9 Å². The van der Waals surface area contributed by atoms with Gasteiger partial charge in [-0.2, -0.15) is 0 Å². The minimum Gasteiger partial charge on any atom is -0.392 e. The third-order valence-electron chi connectivity index (χ3n) is 2.70. The summed E-state index contributed by atoms with van der Waals surface area (Å²) in [5.74, 6) is 0. The molecule has 1 aromatic rings. The molecule has 0 saturated carbocycles. The van der Waals surface area contributed by atoms with E-state index in [1.165, 1.54) is 11.1 Å². The van der Waals surface area contributed by atoms with E-state index in [0.29, 0.717) is 0 Å². The van der Waals surface area contributed by atoms with Crippen LogP contribution in [-0.4, -0.2) is 17.3 Å². The van der Waals surface area contributed by atoms with Crippen LogP contribution in [0.4, 0.5) is 0 Å². The number of halogens is 1. The summed E-state index contributed by atoms with van der Waals surface area (Å²) in [4.78, 5) is 0.